The van der Waals surface area contributed by atoms with Crippen molar-refractivity contribution in [3.8, 4) is 0 Å². The third-order valence-corrected chi connectivity index (χ3v) is 3.54. The number of rotatable bonds is 3. The lowest BCUT2D eigenvalue weighted by Crippen LogP contribution is -2.24. The van der Waals surface area contributed by atoms with Gasteiger partial charge in [0.2, 0.25) is 0 Å². The molecular weight excluding hydrogens is 210 g/mol. The minimum atomic E-state index is 0.845. The molecule has 3 nitrogen and oxygen atoms in total. The molecule has 1 atom stereocenters. The summed E-state index contributed by atoms with van der Waals surface area (Å²) in [5.74, 6) is 0.874. The molecule has 1 unspecified atom stereocenters. The van der Waals surface area contributed by atoms with Gasteiger partial charge in [-0.2, -0.15) is 0 Å². The molecule has 0 spiro atoms. The van der Waals surface area contributed by atoms with E-state index in [2.05, 4.69) is 34.3 Å². The Morgan fingerprint density at radius 2 is 2.29 bits per heavy atom. The maximum atomic E-state index is 4.37. The second-order valence-corrected chi connectivity index (χ2v) is 5.06. The molecule has 3 heteroatoms. The van der Waals surface area contributed by atoms with Gasteiger partial charge >= 0.3 is 0 Å². The summed E-state index contributed by atoms with van der Waals surface area (Å²) < 4.78 is 0. The van der Waals surface area contributed by atoms with Crippen LogP contribution in [0, 0.1) is 5.92 Å². The largest absolute Gasteiger partial charge is 0.371 e. The first kappa shape index (κ1) is 12.4. The van der Waals surface area contributed by atoms with E-state index in [0.29, 0.717) is 0 Å². The predicted molar refractivity (Wildman–Crippen MR) is 72.2 cm³/mol. The average molecular weight is 233 g/mol. The van der Waals surface area contributed by atoms with E-state index in [1.807, 2.05) is 13.2 Å². The zero-order valence-corrected chi connectivity index (χ0v) is 10.9. The van der Waals surface area contributed by atoms with Crippen LogP contribution in [0.1, 0.15) is 31.9 Å². The Balaban J connectivity index is 2.07. The summed E-state index contributed by atoms with van der Waals surface area (Å²) in [6.07, 6.45) is 5.91. The van der Waals surface area contributed by atoms with E-state index < -0.39 is 0 Å². The molecule has 0 bridgehead atoms. The smallest absolute Gasteiger partial charge is 0.0562 e. The molecular formula is C14H23N3. The summed E-state index contributed by atoms with van der Waals surface area (Å²) in [4.78, 5) is 6.88. The fraction of sp³-hybridized carbons (Fsp3) is 0.643. The number of nitrogens with one attached hydrogen (secondary N) is 1. The quantitative estimate of drug-likeness (QED) is 0.869. The van der Waals surface area contributed by atoms with Crippen LogP contribution in [0.2, 0.25) is 0 Å². The molecule has 1 saturated heterocycles. The van der Waals surface area contributed by atoms with Crippen molar-refractivity contribution >= 4 is 5.69 Å². The first-order chi connectivity index (χ1) is 8.29. The van der Waals surface area contributed by atoms with Crippen molar-refractivity contribution in [3.05, 3.63) is 24.0 Å². The minimum Gasteiger partial charge on any atom is -0.371 e. The molecule has 0 saturated carbocycles. The van der Waals surface area contributed by atoms with Crippen LogP contribution in [-0.2, 0) is 6.54 Å². The van der Waals surface area contributed by atoms with Gasteiger partial charge in [0.05, 0.1) is 5.69 Å². The lowest BCUT2D eigenvalue weighted by molar-refractivity contribution is 0.521. The van der Waals surface area contributed by atoms with Crippen LogP contribution in [0.3, 0.4) is 0 Å². The average Bonchev–Trinajstić information content (AvgIpc) is 2.55. The van der Waals surface area contributed by atoms with Gasteiger partial charge in [-0.15, -0.1) is 0 Å². The highest BCUT2D eigenvalue weighted by Gasteiger charge is 2.14. The first-order valence-electron chi connectivity index (χ1n) is 6.64. The van der Waals surface area contributed by atoms with Crippen LogP contribution in [0.25, 0.3) is 0 Å². The Hall–Kier alpha value is -1.09. The molecule has 1 aliphatic rings. The van der Waals surface area contributed by atoms with E-state index >= 15 is 0 Å². The van der Waals surface area contributed by atoms with E-state index in [1.165, 1.54) is 38.0 Å². The van der Waals surface area contributed by atoms with Gasteiger partial charge in [0.1, 0.15) is 0 Å². The van der Waals surface area contributed by atoms with Gasteiger partial charge in [-0.3, -0.25) is 4.98 Å². The Bertz CT molecular complexity index is 351. The predicted octanol–water partition coefficient (Wildman–Crippen LogP) is 2.43. The number of hydrogen-bond acceptors (Lipinski definition) is 3. The lowest BCUT2D eigenvalue weighted by Gasteiger charge is -2.23. The van der Waals surface area contributed by atoms with Crippen LogP contribution in [0.4, 0.5) is 5.69 Å². The fourth-order valence-electron chi connectivity index (χ4n) is 2.46. The van der Waals surface area contributed by atoms with E-state index in [-0.39, 0.29) is 0 Å². The first-order valence-corrected chi connectivity index (χ1v) is 6.64. The highest BCUT2D eigenvalue weighted by atomic mass is 15.1. The Kier molecular flexibility index (Phi) is 4.37. The number of pyridine rings is 1. The van der Waals surface area contributed by atoms with Crippen molar-refractivity contribution in [2.45, 2.75) is 32.7 Å². The molecule has 1 aromatic rings. The summed E-state index contributed by atoms with van der Waals surface area (Å²) in [6, 6.07) is 4.35. The Labute approximate surface area is 104 Å². The summed E-state index contributed by atoms with van der Waals surface area (Å²) >= 11 is 0. The van der Waals surface area contributed by atoms with E-state index in [9.17, 15) is 0 Å². The summed E-state index contributed by atoms with van der Waals surface area (Å²) in [7, 11) is 1.96. The van der Waals surface area contributed by atoms with Crippen LogP contribution in [0.15, 0.2) is 18.3 Å². The molecule has 0 amide bonds. The second kappa shape index (κ2) is 6.01. The van der Waals surface area contributed by atoms with Gasteiger partial charge in [0.25, 0.3) is 0 Å². The van der Waals surface area contributed by atoms with Crippen molar-refractivity contribution in [1.82, 2.24) is 10.3 Å². The van der Waals surface area contributed by atoms with E-state index in [0.717, 1.165) is 18.2 Å². The normalized spacial score (nSPS) is 21.3. The van der Waals surface area contributed by atoms with Crippen molar-refractivity contribution in [2.75, 3.05) is 25.0 Å². The minimum absolute atomic E-state index is 0.845. The SMILES string of the molecule is CNCc1cc(N2CCCC(C)CC2)ccn1. The monoisotopic (exact) mass is 233 g/mol. The third-order valence-electron chi connectivity index (χ3n) is 3.54. The van der Waals surface area contributed by atoms with Gasteiger partial charge in [0, 0.05) is 31.5 Å². The van der Waals surface area contributed by atoms with Crippen molar-refractivity contribution in [1.29, 1.82) is 0 Å². The van der Waals surface area contributed by atoms with Gasteiger partial charge in [-0.05, 0) is 44.4 Å². The van der Waals surface area contributed by atoms with Crippen molar-refractivity contribution < 1.29 is 0 Å². The molecule has 0 aliphatic carbocycles. The van der Waals surface area contributed by atoms with Crippen LogP contribution in [-0.4, -0.2) is 25.1 Å². The Morgan fingerprint density at radius 1 is 1.41 bits per heavy atom. The molecule has 94 valence electrons. The molecule has 1 N–H and O–H groups in total. The molecule has 2 rings (SSSR count). The van der Waals surface area contributed by atoms with Gasteiger partial charge in [0.15, 0.2) is 0 Å². The topological polar surface area (TPSA) is 28.2 Å². The maximum Gasteiger partial charge on any atom is 0.0562 e. The summed E-state index contributed by atoms with van der Waals surface area (Å²) in [5.41, 5.74) is 2.46. The highest BCUT2D eigenvalue weighted by Crippen LogP contribution is 2.22. The summed E-state index contributed by atoms with van der Waals surface area (Å²) in [5, 5.41) is 3.15. The lowest BCUT2D eigenvalue weighted by atomic mass is 10.0. The molecule has 1 aliphatic heterocycles. The number of nitrogens with zero attached hydrogens (tertiary/aromatic N) is 2. The van der Waals surface area contributed by atoms with Crippen LogP contribution < -0.4 is 10.2 Å². The maximum absolute atomic E-state index is 4.37. The van der Waals surface area contributed by atoms with Gasteiger partial charge in [-0.1, -0.05) is 6.92 Å². The molecule has 2 heterocycles. The molecule has 1 fully saturated rings. The van der Waals surface area contributed by atoms with Crippen molar-refractivity contribution in [3.63, 3.8) is 0 Å². The molecule has 1 aromatic heterocycles. The van der Waals surface area contributed by atoms with Crippen LogP contribution in [0.5, 0.6) is 0 Å². The zero-order chi connectivity index (χ0) is 12.1. The standard InChI is InChI=1S/C14H23N3/c1-12-4-3-8-17(9-6-12)14-5-7-16-13(10-14)11-15-2/h5,7,10,12,15H,3-4,6,8-9,11H2,1-2H3. The van der Waals surface area contributed by atoms with E-state index in [4.69, 9.17) is 0 Å². The number of hydrogen-bond donors (Lipinski definition) is 1. The third kappa shape index (κ3) is 3.43. The molecule has 0 radical (unpaired) electrons. The summed E-state index contributed by atoms with van der Waals surface area (Å²) in [6.45, 7) is 5.58. The van der Waals surface area contributed by atoms with Crippen LogP contribution >= 0.6 is 0 Å². The highest BCUT2D eigenvalue weighted by molar-refractivity contribution is 5.46. The van der Waals surface area contributed by atoms with Gasteiger partial charge < -0.3 is 10.2 Å². The fourth-order valence-corrected chi connectivity index (χ4v) is 2.46. The molecule has 17 heavy (non-hydrogen) atoms. The van der Waals surface area contributed by atoms with Gasteiger partial charge in [-0.25, -0.2) is 0 Å². The molecule has 0 aromatic carbocycles. The van der Waals surface area contributed by atoms with Crippen molar-refractivity contribution in [2.24, 2.45) is 5.92 Å². The number of anilines is 1. The van der Waals surface area contributed by atoms with E-state index in [1.54, 1.807) is 0 Å². The number of aromatic nitrogens is 1. The second-order valence-electron chi connectivity index (χ2n) is 5.06. The zero-order valence-electron chi connectivity index (χ0n) is 10.9. The Morgan fingerprint density at radius 3 is 3.12 bits per heavy atom.